The highest BCUT2D eigenvalue weighted by molar-refractivity contribution is 6.45. The maximum absolute atomic E-state index is 6.46. The average molecular weight is 253 g/mol. The van der Waals surface area contributed by atoms with E-state index in [9.17, 15) is 0 Å². The minimum atomic E-state index is -0.216. The fraction of sp³-hybridized carbons (Fsp3) is 1.00. The predicted octanol–water partition coefficient (Wildman–Crippen LogP) is 3.13. The van der Waals surface area contributed by atoms with E-state index < -0.39 is 0 Å². The van der Waals surface area contributed by atoms with Gasteiger partial charge in [0.1, 0.15) is 0 Å². The molecule has 1 heterocycles. The molecule has 1 saturated carbocycles. The minimum Gasteiger partial charge on any atom is -0.403 e. The van der Waals surface area contributed by atoms with Gasteiger partial charge in [0.15, 0.2) is 0 Å². The summed E-state index contributed by atoms with van der Waals surface area (Å²) < 4.78 is 12.0. The van der Waals surface area contributed by atoms with Gasteiger partial charge in [-0.25, -0.2) is 0 Å². The molecule has 0 aromatic heterocycles. The summed E-state index contributed by atoms with van der Waals surface area (Å²) in [6.07, 6.45) is 8.15. The zero-order valence-corrected chi connectivity index (χ0v) is 12.4. The Morgan fingerprint density at radius 3 is 1.94 bits per heavy atom. The van der Waals surface area contributed by atoms with E-state index in [4.69, 9.17) is 15.0 Å². The third kappa shape index (κ3) is 2.92. The second-order valence-electron chi connectivity index (χ2n) is 7.15. The zero-order chi connectivity index (χ0) is 13.4. The summed E-state index contributed by atoms with van der Waals surface area (Å²) in [5.41, 5.74) is 6.06. The molecular formula is C14H28BNO2. The topological polar surface area (TPSA) is 44.5 Å². The summed E-state index contributed by atoms with van der Waals surface area (Å²) in [5.74, 6) is 0. The molecule has 0 spiro atoms. The standard InChI is InChI=1S/C14H28BNO2/c1-12(2)13(3,4)18-15(17-12)11-10-14(16)8-6-5-7-9-14/h5-11,16H2,1-4H3. The largest absolute Gasteiger partial charge is 0.457 e. The highest BCUT2D eigenvalue weighted by Crippen LogP contribution is 2.39. The summed E-state index contributed by atoms with van der Waals surface area (Å²) >= 11 is 0. The van der Waals surface area contributed by atoms with E-state index in [1.807, 2.05) is 0 Å². The van der Waals surface area contributed by atoms with Crippen LogP contribution in [0, 0.1) is 0 Å². The Kier molecular flexibility index (Phi) is 3.83. The van der Waals surface area contributed by atoms with Crippen molar-refractivity contribution in [2.45, 2.75) is 89.3 Å². The molecule has 4 heteroatoms. The van der Waals surface area contributed by atoms with Crippen molar-refractivity contribution in [3.63, 3.8) is 0 Å². The second kappa shape index (κ2) is 4.80. The molecule has 0 amide bonds. The number of hydrogen-bond donors (Lipinski definition) is 1. The van der Waals surface area contributed by atoms with Crippen molar-refractivity contribution in [2.75, 3.05) is 0 Å². The van der Waals surface area contributed by atoms with E-state index in [0.717, 1.165) is 25.6 Å². The van der Waals surface area contributed by atoms with Crippen molar-refractivity contribution >= 4 is 7.12 Å². The van der Waals surface area contributed by atoms with Gasteiger partial charge in [0.25, 0.3) is 0 Å². The van der Waals surface area contributed by atoms with E-state index in [2.05, 4.69) is 27.7 Å². The van der Waals surface area contributed by atoms with Gasteiger partial charge in [-0.15, -0.1) is 0 Å². The lowest BCUT2D eigenvalue weighted by molar-refractivity contribution is 0.00578. The van der Waals surface area contributed by atoms with Crippen LogP contribution in [0.15, 0.2) is 0 Å². The predicted molar refractivity (Wildman–Crippen MR) is 75.5 cm³/mol. The molecule has 0 atom stereocenters. The molecule has 2 N–H and O–H groups in total. The third-order valence-corrected chi connectivity index (χ3v) is 5.03. The first-order valence-corrected chi connectivity index (χ1v) is 7.39. The van der Waals surface area contributed by atoms with Gasteiger partial charge in [-0.2, -0.15) is 0 Å². The van der Waals surface area contributed by atoms with Crippen molar-refractivity contribution < 1.29 is 9.31 Å². The van der Waals surface area contributed by atoms with Crippen molar-refractivity contribution in [1.29, 1.82) is 0 Å². The van der Waals surface area contributed by atoms with Gasteiger partial charge in [0.05, 0.1) is 11.2 Å². The quantitative estimate of drug-likeness (QED) is 0.786. The second-order valence-corrected chi connectivity index (χ2v) is 7.15. The van der Waals surface area contributed by atoms with E-state index in [1.165, 1.54) is 19.3 Å². The maximum Gasteiger partial charge on any atom is 0.457 e. The molecule has 1 saturated heterocycles. The third-order valence-electron chi connectivity index (χ3n) is 5.03. The van der Waals surface area contributed by atoms with Crippen LogP contribution in [0.4, 0.5) is 0 Å². The maximum atomic E-state index is 6.46. The van der Waals surface area contributed by atoms with Crippen LogP contribution in [-0.2, 0) is 9.31 Å². The van der Waals surface area contributed by atoms with Crippen molar-refractivity contribution in [3.05, 3.63) is 0 Å². The fourth-order valence-corrected chi connectivity index (χ4v) is 2.99. The van der Waals surface area contributed by atoms with Crippen LogP contribution < -0.4 is 5.73 Å². The Bertz CT molecular complexity index is 282. The molecule has 18 heavy (non-hydrogen) atoms. The molecule has 0 unspecified atom stereocenters. The SMILES string of the molecule is CC1(C)OB(CCC2(N)CCCCC2)OC1(C)C. The molecule has 1 aliphatic heterocycles. The van der Waals surface area contributed by atoms with Crippen LogP contribution in [0.2, 0.25) is 6.32 Å². The van der Waals surface area contributed by atoms with Crippen LogP contribution in [-0.4, -0.2) is 23.9 Å². The van der Waals surface area contributed by atoms with E-state index in [-0.39, 0.29) is 23.9 Å². The first-order valence-electron chi connectivity index (χ1n) is 7.39. The zero-order valence-electron chi connectivity index (χ0n) is 12.4. The summed E-state index contributed by atoms with van der Waals surface area (Å²) in [6, 6.07) is 0. The number of hydrogen-bond acceptors (Lipinski definition) is 3. The fourth-order valence-electron chi connectivity index (χ4n) is 2.99. The normalized spacial score (nSPS) is 29.5. The van der Waals surface area contributed by atoms with Crippen molar-refractivity contribution in [2.24, 2.45) is 5.73 Å². The highest BCUT2D eigenvalue weighted by atomic mass is 16.7. The van der Waals surface area contributed by atoms with Crippen molar-refractivity contribution in [3.8, 4) is 0 Å². The Morgan fingerprint density at radius 1 is 0.944 bits per heavy atom. The Hall–Kier alpha value is -0.0551. The van der Waals surface area contributed by atoms with Gasteiger partial charge < -0.3 is 15.0 Å². The monoisotopic (exact) mass is 253 g/mol. The van der Waals surface area contributed by atoms with E-state index in [0.29, 0.717) is 0 Å². The molecule has 2 aliphatic rings. The average Bonchev–Trinajstić information content (AvgIpc) is 2.46. The number of nitrogens with two attached hydrogens (primary N) is 1. The summed E-state index contributed by atoms with van der Waals surface area (Å²) in [5, 5.41) is 0. The molecule has 0 aromatic carbocycles. The van der Waals surface area contributed by atoms with E-state index in [1.54, 1.807) is 0 Å². The molecule has 2 rings (SSSR count). The Labute approximate surface area is 112 Å². The van der Waals surface area contributed by atoms with Crippen LogP contribution in [0.5, 0.6) is 0 Å². The lowest BCUT2D eigenvalue weighted by atomic mass is 9.72. The number of rotatable bonds is 3. The molecular weight excluding hydrogens is 225 g/mol. The van der Waals surface area contributed by atoms with Gasteiger partial charge >= 0.3 is 7.12 Å². The molecule has 104 valence electrons. The van der Waals surface area contributed by atoms with Gasteiger partial charge in [0, 0.05) is 5.54 Å². The van der Waals surface area contributed by atoms with Crippen molar-refractivity contribution in [1.82, 2.24) is 0 Å². The summed E-state index contributed by atoms with van der Waals surface area (Å²) in [4.78, 5) is 0. The molecule has 0 bridgehead atoms. The van der Waals surface area contributed by atoms with Gasteiger partial charge in [-0.05, 0) is 53.3 Å². The molecule has 2 fully saturated rings. The first-order chi connectivity index (χ1) is 8.24. The van der Waals surface area contributed by atoms with Crippen LogP contribution in [0.3, 0.4) is 0 Å². The van der Waals surface area contributed by atoms with E-state index >= 15 is 0 Å². The highest BCUT2D eigenvalue weighted by Gasteiger charge is 2.51. The first kappa shape index (κ1) is 14.4. The molecule has 3 nitrogen and oxygen atoms in total. The summed E-state index contributed by atoms with van der Waals surface area (Å²) in [6.45, 7) is 8.41. The van der Waals surface area contributed by atoms with Gasteiger partial charge in [-0.1, -0.05) is 19.3 Å². The Balaban J connectivity index is 1.85. The van der Waals surface area contributed by atoms with Gasteiger partial charge in [-0.3, -0.25) is 0 Å². The molecule has 0 radical (unpaired) electrons. The molecule has 1 aliphatic carbocycles. The van der Waals surface area contributed by atoms with Crippen LogP contribution in [0.1, 0.15) is 66.2 Å². The molecule has 0 aromatic rings. The van der Waals surface area contributed by atoms with Crippen LogP contribution >= 0.6 is 0 Å². The lowest BCUT2D eigenvalue weighted by Gasteiger charge is -2.33. The van der Waals surface area contributed by atoms with Crippen LogP contribution in [0.25, 0.3) is 0 Å². The Morgan fingerprint density at radius 2 is 1.44 bits per heavy atom. The summed E-state index contributed by atoms with van der Waals surface area (Å²) in [7, 11) is -0.0858. The van der Waals surface area contributed by atoms with Gasteiger partial charge in [0.2, 0.25) is 0 Å². The lowest BCUT2D eigenvalue weighted by Crippen LogP contribution is -2.42. The smallest absolute Gasteiger partial charge is 0.403 e. The minimum absolute atomic E-state index is 0.0296.